The molecule has 274 valence electrons. The standard InChI is InChI=1S/C35H43ClN6O8S/c1-21(2)32(41-20-31(44)40(35(41)46)19-24-10-12-25(13-11-24)42(47)48)33(45)39-29(16-23-8-6-5-7-9-23)30(43)18-38-34(22(3)4)51(49,50)26-14-15-27(36)28(37)17-26/h5-15,17,21-22,29-30,32,34,38,43H,16,18-20,37H2,1-4H3,(H,39,45)/t29-,30+,32-,34-/m0/s1. The first kappa shape index (κ1) is 39.2. The van der Waals surface area contributed by atoms with Crippen LogP contribution in [-0.4, -0.2) is 82.7 Å². The Balaban J connectivity index is 1.53. The first-order valence-corrected chi connectivity index (χ1v) is 18.3. The summed E-state index contributed by atoms with van der Waals surface area (Å²) in [5, 5.41) is 27.5. The van der Waals surface area contributed by atoms with Gasteiger partial charge in [0.05, 0.1) is 39.2 Å². The monoisotopic (exact) mass is 742 g/mol. The molecule has 0 aliphatic carbocycles. The van der Waals surface area contributed by atoms with Crippen molar-refractivity contribution in [2.24, 2.45) is 11.8 Å². The molecule has 0 radical (unpaired) electrons. The number of aliphatic hydroxyl groups excluding tert-OH is 1. The lowest BCUT2D eigenvalue weighted by atomic mass is 9.97. The van der Waals surface area contributed by atoms with Gasteiger partial charge >= 0.3 is 6.03 Å². The number of nitrogens with zero attached hydrogens (tertiary/aromatic N) is 3. The quantitative estimate of drug-likeness (QED) is 0.0724. The number of rotatable bonds is 16. The van der Waals surface area contributed by atoms with Gasteiger partial charge in [0, 0.05) is 18.7 Å². The van der Waals surface area contributed by atoms with Crippen molar-refractivity contribution in [3.05, 3.63) is 99.1 Å². The molecule has 0 spiro atoms. The molecule has 1 heterocycles. The van der Waals surface area contributed by atoms with Gasteiger partial charge in [-0.25, -0.2) is 13.2 Å². The zero-order chi connectivity index (χ0) is 37.6. The van der Waals surface area contributed by atoms with Gasteiger partial charge in [-0.3, -0.25) is 29.9 Å². The van der Waals surface area contributed by atoms with Crippen LogP contribution in [0.1, 0.15) is 38.8 Å². The average Bonchev–Trinajstić information content (AvgIpc) is 3.33. The minimum atomic E-state index is -3.98. The predicted octanol–water partition coefficient (Wildman–Crippen LogP) is 3.75. The Bertz CT molecular complexity index is 1840. The number of amides is 4. The molecule has 1 aliphatic rings. The van der Waals surface area contributed by atoms with Crippen molar-refractivity contribution in [1.29, 1.82) is 0 Å². The third-order valence-electron chi connectivity index (χ3n) is 8.66. The van der Waals surface area contributed by atoms with E-state index < -0.39 is 68.0 Å². The molecule has 3 aromatic carbocycles. The number of sulfone groups is 1. The number of hydrogen-bond donors (Lipinski definition) is 4. The Morgan fingerprint density at radius 1 is 1.00 bits per heavy atom. The molecule has 0 aromatic heterocycles. The number of nitrogens with two attached hydrogens (primary N) is 1. The van der Waals surface area contributed by atoms with Gasteiger partial charge in [0.25, 0.3) is 11.6 Å². The first-order chi connectivity index (χ1) is 24.0. The number of aliphatic hydroxyl groups is 1. The van der Waals surface area contributed by atoms with Crippen LogP contribution in [-0.2, 0) is 32.4 Å². The summed E-state index contributed by atoms with van der Waals surface area (Å²) in [5.41, 5.74) is 7.13. The number of nitro groups is 1. The Kier molecular flexibility index (Phi) is 12.8. The van der Waals surface area contributed by atoms with Gasteiger partial charge < -0.3 is 21.1 Å². The van der Waals surface area contributed by atoms with Gasteiger partial charge in [-0.1, -0.05) is 81.8 Å². The Morgan fingerprint density at radius 2 is 1.65 bits per heavy atom. The number of carbonyl (C=O) groups is 3. The maximum Gasteiger partial charge on any atom is 0.328 e. The van der Waals surface area contributed by atoms with Crippen molar-refractivity contribution in [3.63, 3.8) is 0 Å². The number of carbonyl (C=O) groups excluding carboxylic acids is 3. The van der Waals surface area contributed by atoms with E-state index in [9.17, 15) is 38.0 Å². The molecule has 3 aromatic rings. The number of nitrogen functional groups attached to an aromatic ring is 1. The Morgan fingerprint density at radius 3 is 2.22 bits per heavy atom. The van der Waals surface area contributed by atoms with Gasteiger partial charge in [0.15, 0.2) is 9.84 Å². The second kappa shape index (κ2) is 16.6. The van der Waals surface area contributed by atoms with Crippen molar-refractivity contribution >= 4 is 50.7 Å². The second-order valence-electron chi connectivity index (χ2n) is 13.2. The van der Waals surface area contributed by atoms with Crippen LogP contribution in [0.5, 0.6) is 0 Å². The molecule has 1 aliphatic heterocycles. The van der Waals surface area contributed by atoms with E-state index in [0.717, 1.165) is 10.5 Å². The molecule has 4 rings (SSSR count). The summed E-state index contributed by atoms with van der Waals surface area (Å²) in [5.74, 6) is -2.02. The summed E-state index contributed by atoms with van der Waals surface area (Å²) in [6.45, 7) is 6.17. The van der Waals surface area contributed by atoms with Gasteiger partial charge in [-0.05, 0) is 47.6 Å². The third kappa shape index (κ3) is 9.41. The highest BCUT2D eigenvalue weighted by Crippen LogP contribution is 2.27. The third-order valence-corrected chi connectivity index (χ3v) is 11.3. The van der Waals surface area contributed by atoms with Crippen LogP contribution in [0.2, 0.25) is 5.02 Å². The van der Waals surface area contributed by atoms with Crippen molar-refractivity contribution in [3.8, 4) is 0 Å². The first-order valence-electron chi connectivity index (χ1n) is 16.4. The number of nitro benzene ring substituents is 1. The number of nitrogens with one attached hydrogen (secondary N) is 2. The number of non-ortho nitro benzene ring substituents is 1. The van der Waals surface area contributed by atoms with E-state index in [1.54, 1.807) is 27.7 Å². The summed E-state index contributed by atoms with van der Waals surface area (Å²) in [7, 11) is -3.98. The van der Waals surface area contributed by atoms with E-state index in [1.807, 2.05) is 30.3 Å². The molecule has 0 unspecified atom stereocenters. The molecule has 4 amide bonds. The number of benzene rings is 3. The average molecular weight is 743 g/mol. The van der Waals surface area contributed by atoms with Crippen molar-refractivity contribution < 1.29 is 32.8 Å². The van der Waals surface area contributed by atoms with E-state index in [4.69, 9.17) is 17.3 Å². The van der Waals surface area contributed by atoms with E-state index in [1.165, 1.54) is 47.4 Å². The molecule has 0 bridgehead atoms. The molecule has 4 atom stereocenters. The molecule has 0 saturated carbocycles. The highest BCUT2D eigenvalue weighted by atomic mass is 35.5. The smallest absolute Gasteiger partial charge is 0.328 e. The summed E-state index contributed by atoms with van der Waals surface area (Å²) in [4.78, 5) is 53.2. The van der Waals surface area contributed by atoms with Crippen LogP contribution in [0, 0.1) is 22.0 Å². The molecule has 1 fully saturated rings. The lowest BCUT2D eigenvalue weighted by molar-refractivity contribution is -0.384. The summed E-state index contributed by atoms with van der Waals surface area (Å²) >= 11 is 6.01. The van der Waals surface area contributed by atoms with Gasteiger partial charge in [-0.15, -0.1) is 0 Å². The van der Waals surface area contributed by atoms with Crippen LogP contribution in [0.25, 0.3) is 0 Å². The maximum absolute atomic E-state index is 14.0. The lowest BCUT2D eigenvalue weighted by Gasteiger charge is -2.33. The van der Waals surface area contributed by atoms with E-state index >= 15 is 0 Å². The molecule has 5 N–H and O–H groups in total. The topological polar surface area (TPSA) is 205 Å². The highest BCUT2D eigenvalue weighted by molar-refractivity contribution is 7.92. The number of urea groups is 1. The lowest BCUT2D eigenvalue weighted by Crippen LogP contribution is -2.57. The minimum absolute atomic E-state index is 0.0357. The van der Waals surface area contributed by atoms with Crippen LogP contribution in [0.4, 0.5) is 16.2 Å². The highest BCUT2D eigenvalue weighted by Gasteiger charge is 2.44. The van der Waals surface area contributed by atoms with Gasteiger partial charge in [-0.2, -0.15) is 0 Å². The Labute approximate surface area is 302 Å². The normalized spacial score (nSPS) is 16.0. The molecule has 1 saturated heterocycles. The fourth-order valence-electron chi connectivity index (χ4n) is 5.99. The fraction of sp³-hybridized carbons (Fsp3) is 0.400. The number of hydrogen-bond acceptors (Lipinski definition) is 10. The molecular formula is C35H43ClN6O8S. The number of anilines is 1. The second-order valence-corrected chi connectivity index (χ2v) is 15.7. The molecule has 14 nitrogen and oxygen atoms in total. The summed E-state index contributed by atoms with van der Waals surface area (Å²) < 4.78 is 27.3. The predicted molar refractivity (Wildman–Crippen MR) is 192 cm³/mol. The number of imide groups is 1. The van der Waals surface area contributed by atoms with E-state index in [0.29, 0.717) is 5.56 Å². The van der Waals surface area contributed by atoms with Crippen LogP contribution in [0.15, 0.2) is 77.7 Å². The van der Waals surface area contributed by atoms with Gasteiger partial charge in [0.1, 0.15) is 18.0 Å². The molecule has 51 heavy (non-hydrogen) atoms. The van der Waals surface area contributed by atoms with E-state index in [2.05, 4.69) is 10.6 Å². The molecule has 16 heteroatoms. The van der Waals surface area contributed by atoms with Crippen LogP contribution < -0.4 is 16.4 Å². The van der Waals surface area contributed by atoms with E-state index in [-0.39, 0.29) is 47.3 Å². The van der Waals surface area contributed by atoms with Crippen molar-refractivity contribution in [1.82, 2.24) is 20.4 Å². The maximum atomic E-state index is 14.0. The summed E-state index contributed by atoms with van der Waals surface area (Å²) in [6.07, 6.45) is -1.12. The minimum Gasteiger partial charge on any atom is -0.397 e. The van der Waals surface area contributed by atoms with Crippen molar-refractivity contribution in [2.75, 3.05) is 18.8 Å². The van der Waals surface area contributed by atoms with Crippen LogP contribution in [0.3, 0.4) is 0 Å². The van der Waals surface area contributed by atoms with Crippen molar-refractivity contribution in [2.45, 2.75) is 69.1 Å². The number of halogens is 1. The Hall–Kier alpha value is -4.57. The SMILES string of the molecule is CC(C)[C@@H](C(=O)N[C@@H](Cc1ccccc1)[C@H](O)CN[C@H](C(C)C)S(=O)(=O)c1ccc(Cl)c(N)c1)N1CC(=O)N(Cc2ccc([N+](=O)[O-])cc2)C1=O. The zero-order valence-corrected chi connectivity index (χ0v) is 30.3. The van der Waals surface area contributed by atoms with Crippen LogP contribution >= 0.6 is 11.6 Å². The fourth-order valence-corrected chi connectivity index (χ4v) is 7.98. The largest absolute Gasteiger partial charge is 0.397 e. The molecular weight excluding hydrogens is 700 g/mol. The zero-order valence-electron chi connectivity index (χ0n) is 28.7. The van der Waals surface area contributed by atoms with Gasteiger partial charge in [0.2, 0.25) is 5.91 Å². The summed E-state index contributed by atoms with van der Waals surface area (Å²) in [6, 6.07) is 15.9.